The number of thiazole rings is 1. The Morgan fingerprint density at radius 2 is 2.45 bits per heavy atom. The van der Waals surface area contributed by atoms with Gasteiger partial charge in [-0.25, -0.2) is 9.78 Å². The van der Waals surface area contributed by atoms with Gasteiger partial charge in [0, 0.05) is 0 Å². The highest BCUT2D eigenvalue weighted by Crippen LogP contribution is 2.22. The van der Waals surface area contributed by atoms with E-state index in [1.165, 1.54) is 0 Å². The van der Waals surface area contributed by atoms with E-state index in [1.54, 1.807) is 0 Å². The van der Waals surface area contributed by atoms with Crippen LogP contribution < -0.4 is 0 Å². The molecule has 0 aliphatic carbocycles. The molecule has 1 heterocycles. The quantitative estimate of drug-likeness (QED) is 0.779. The van der Waals surface area contributed by atoms with Crippen molar-refractivity contribution in [2.75, 3.05) is 0 Å². The molecule has 0 fully saturated rings. The van der Waals surface area contributed by atoms with E-state index in [0.717, 1.165) is 11.3 Å². The SMILES string of the molecule is CCc1nc(Cl)sc1C(=O)O. The number of rotatable bonds is 2. The Balaban J connectivity index is 3.12. The van der Waals surface area contributed by atoms with E-state index in [0.29, 0.717) is 16.6 Å². The molecule has 0 bridgehead atoms. The molecule has 3 nitrogen and oxygen atoms in total. The third-order valence-corrected chi connectivity index (χ3v) is 2.39. The standard InChI is InChI=1S/C6H6ClNO2S/c1-2-3-4(5(9)10)11-6(7)8-3/h2H2,1H3,(H,9,10). The molecule has 0 spiro atoms. The lowest BCUT2D eigenvalue weighted by atomic mass is 10.3. The van der Waals surface area contributed by atoms with E-state index in [-0.39, 0.29) is 4.88 Å². The van der Waals surface area contributed by atoms with Crippen LogP contribution in [0.2, 0.25) is 4.47 Å². The Kier molecular flexibility index (Phi) is 2.46. The smallest absolute Gasteiger partial charge is 0.347 e. The minimum absolute atomic E-state index is 0.248. The zero-order valence-electron chi connectivity index (χ0n) is 5.80. The van der Waals surface area contributed by atoms with Crippen LogP contribution >= 0.6 is 22.9 Å². The number of hydrogen-bond donors (Lipinski definition) is 1. The van der Waals surface area contributed by atoms with Gasteiger partial charge in [-0.2, -0.15) is 0 Å². The largest absolute Gasteiger partial charge is 0.477 e. The van der Waals surface area contributed by atoms with Crippen LogP contribution in [0.15, 0.2) is 0 Å². The van der Waals surface area contributed by atoms with E-state index in [2.05, 4.69) is 4.98 Å². The summed E-state index contributed by atoms with van der Waals surface area (Å²) in [6.45, 7) is 1.85. The van der Waals surface area contributed by atoms with Gasteiger partial charge in [0.1, 0.15) is 4.88 Å². The van der Waals surface area contributed by atoms with Crippen molar-refractivity contribution in [3.8, 4) is 0 Å². The van der Waals surface area contributed by atoms with Crippen molar-refractivity contribution in [3.05, 3.63) is 15.0 Å². The van der Waals surface area contributed by atoms with E-state index in [9.17, 15) is 4.79 Å². The maximum absolute atomic E-state index is 10.5. The fourth-order valence-electron chi connectivity index (χ4n) is 0.730. The molecule has 1 aromatic heterocycles. The lowest BCUT2D eigenvalue weighted by Gasteiger charge is -1.89. The maximum atomic E-state index is 10.5. The molecule has 11 heavy (non-hydrogen) atoms. The minimum atomic E-state index is -0.953. The topological polar surface area (TPSA) is 50.2 Å². The second-order valence-corrected chi connectivity index (χ2v) is 3.48. The van der Waals surface area contributed by atoms with Crippen molar-refractivity contribution >= 4 is 28.9 Å². The Bertz CT molecular complexity index is 284. The van der Waals surface area contributed by atoms with Gasteiger partial charge in [-0.3, -0.25) is 0 Å². The molecule has 0 unspecified atom stereocenters. The molecule has 0 saturated carbocycles. The third kappa shape index (κ3) is 1.70. The first-order valence-corrected chi connectivity index (χ1v) is 4.23. The first-order chi connectivity index (χ1) is 5.15. The Morgan fingerprint density at radius 3 is 2.82 bits per heavy atom. The molecular weight excluding hydrogens is 186 g/mol. The first kappa shape index (κ1) is 8.49. The summed E-state index contributed by atoms with van der Waals surface area (Å²) in [5, 5.41) is 8.62. The van der Waals surface area contributed by atoms with Gasteiger partial charge in [-0.15, -0.1) is 0 Å². The van der Waals surface area contributed by atoms with Crippen molar-refractivity contribution in [1.29, 1.82) is 0 Å². The van der Waals surface area contributed by atoms with E-state index in [1.807, 2.05) is 6.92 Å². The van der Waals surface area contributed by atoms with Crippen LogP contribution in [0.4, 0.5) is 0 Å². The second-order valence-electron chi connectivity index (χ2n) is 1.90. The molecule has 1 aromatic rings. The van der Waals surface area contributed by atoms with Crippen molar-refractivity contribution in [2.24, 2.45) is 0 Å². The zero-order valence-corrected chi connectivity index (χ0v) is 7.37. The van der Waals surface area contributed by atoms with Gasteiger partial charge in [0.2, 0.25) is 0 Å². The van der Waals surface area contributed by atoms with E-state index < -0.39 is 5.97 Å². The number of hydrogen-bond acceptors (Lipinski definition) is 3. The normalized spacial score (nSPS) is 10.0. The minimum Gasteiger partial charge on any atom is -0.477 e. The Labute approximate surface area is 72.6 Å². The van der Waals surface area contributed by atoms with Gasteiger partial charge in [-0.1, -0.05) is 29.9 Å². The van der Waals surface area contributed by atoms with Crippen LogP contribution in [0.3, 0.4) is 0 Å². The molecule has 0 aliphatic rings. The number of aromatic carboxylic acids is 1. The van der Waals surface area contributed by atoms with Gasteiger partial charge < -0.3 is 5.11 Å². The number of nitrogens with zero attached hydrogens (tertiary/aromatic N) is 1. The molecule has 0 saturated heterocycles. The third-order valence-electron chi connectivity index (χ3n) is 1.20. The van der Waals surface area contributed by atoms with Crippen molar-refractivity contribution in [2.45, 2.75) is 13.3 Å². The molecular formula is C6H6ClNO2S. The van der Waals surface area contributed by atoms with Crippen LogP contribution in [-0.4, -0.2) is 16.1 Å². The number of aromatic nitrogens is 1. The highest BCUT2D eigenvalue weighted by atomic mass is 35.5. The Hall–Kier alpha value is -0.610. The highest BCUT2D eigenvalue weighted by Gasteiger charge is 2.14. The Morgan fingerprint density at radius 1 is 1.82 bits per heavy atom. The summed E-state index contributed by atoms with van der Waals surface area (Å²) in [6, 6.07) is 0. The summed E-state index contributed by atoms with van der Waals surface area (Å²) in [6.07, 6.45) is 0.602. The van der Waals surface area contributed by atoms with Crippen molar-refractivity contribution < 1.29 is 9.90 Å². The van der Waals surface area contributed by atoms with Crippen LogP contribution in [0, 0.1) is 0 Å². The van der Waals surface area contributed by atoms with Crippen LogP contribution in [-0.2, 0) is 6.42 Å². The van der Waals surface area contributed by atoms with Crippen LogP contribution in [0.25, 0.3) is 0 Å². The average Bonchev–Trinajstić information content (AvgIpc) is 2.30. The van der Waals surface area contributed by atoms with Gasteiger partial charge in [-0.05, 0) is 6.42 Å². The predicted molar refractivity (Wildman–Crippen MR) is 43.5 cm³/mol. The van der Waals surface area contributed by atoms with Gasteiger partial charge in [0.15, 0.2) is 4.47 Å². The highest BCUT2D eigenvalue weighted by molar-refractivity contribution is 7.17. The number of halogens is 1. The number of carboxylic acids is 1. The first-order valence-electron chi connectivity index (χ1n) is 3.03. The monoisotopic (exact) mass is 191 g/mol. The molecule has 0 aromatic carbocycles. The summed E-state index contributed by atoms with van der Waals surface area (Å²) in [4.78, 5) is 14.6. The van der Waals surface area contributed by atoms with Gasteiger partial charge in [0.25, 0.3) is 0 Å². The molecule has 0 amide bonds. The van der Waals surface area contributed by atoms with E-state index >= 15 is 0 Å². The van der Waals surface area contributed by atoms with Gasteiger partial charge >= 0.3 is 5.97 Å². The lowest BCUT2D eigenvalue weighted by molar-refractivity contribution is 0.0701. The number of carbonyl (C=O) groups is 1. The second kappa shape index (κ2) is 3.19. The van der Waals surface area contributed by atoms with E-state index in [4.69, 9.17) is 16.7 Å². The molecule has 1 rings (SSSR count). The van der Waals surface area contributed by atoms with Crippen molar-refractivity contribution in [3.63, 3.8) is 0 Å². The molecule has 5 heteroatoms. The summed E-state index contributed by atoms with van der Waals surface area (Å²) in [7, 11) is 0. The number of aryl methyl sites for hydroxylation is 1. The maximum Gasteiger partial charge on any atom is 0.347 e. The zero-order chi connectivity index (χ0) is 8.43. The lowest BCUT2D eigenvalue weighted by Crippen LogP contribution is -1.97. The number of carboxylic acid groups (broad SMARTS) is 1. The fourth-order valence-corrected chi connectivity index (χ4v) is 1.78. The summed E-state index contributed by atoms with van der Waals surface area (Å²) < 4.78 is 0.291. The van der Waals surface area contributed by atoms with Crippen molar-refractivity contribution in [1.82, 2.24) is 4.98 Å². The summed E-state index contributed by atoms with van der Waals surface area (Å²) in [5.41, 5.74) is 0.563. The summed E-state index contributed by atoms with van der Waals surface area (Å²) >= 11 is 6.53. The molecule has 0 aliphatic heterocycles. The predicted octanol–water partition coefficient (Wildman–Crippen LogP) is 2.06. The fraction of sp³-hybridized carbons (Fsp3) is 0.333. The molecule has 0 radical (unpaired) electrons. The van der Waals surface area contributed by atoms with Crippen LogP contribution in [0.5, 0.6) is 0 Å². The molecule has 1 N–H and O–H groups in total. The molecule has 60 valence electrons. The van der Waals surface area contributed by atoms with Gasteiger partial charge in [0.05, 0.1) is 5.69 Å². The summed E-state index contributed by atoms with van der Waals surface area (Å²) in [5.74, 6) is -0.953. The average molecular weight is 192 g/mol. The molecule has 0 atom stereocenters. The van der Waals surface area contributed by atoms with Crippen LogP contribution in [0.1, 0.15) is 22.3 Å².